The zero-order chi connectivity index (χ0) is 13.8. The molecule has 0 aliphatic carbocycles. The molecule has 0 aromatic heterocycles. The average Bonchev–Trinajstić information content (AvgIpc) is 2.38. The number of rotatable bonds is 4. The Kier molecular flexibility index (Phi) is 3.95. The Hall–Kier alpha value is -2.16. The van der Waals surface area contributed by atoms with Crippen molar-refractivity contribution in [3.8, 4) is 17.2 Å². The zero-order valence-electron chi connectivity index (χ0n) is 11.2. The fraction of sp³-hybridized carbons (Fsp3) is 0.250. The molecule has 2 N–H and O–H groups in total. The molecule has 0 unspecified atom stereocenters. The number of phenolic OH excluding ortho intramolecular Hbond substituents is 2. The molecule has 2 rings (SSSR count). The van der Waals surface area contributed by atoms with E-state index in [1.54, 1.807) is 19.2 Å². The number of ether oxygens (including phenoxy) is 1. The number of methoxy groups -OCH3 is 1. The molecule has 0 atom stereocenters. The topological polar surface area (TPSA) is 49.7 Å². The highest BCUT2D eigenvalue weighted by Gasteiger charge is 2.04. The standard InChI is InChI=1S/C16H18O3/c1-11-9-12(4-8-16(11)19-2)3-5-13-6-7-14(17)10-15(13)18/h4,6-10,17-18H,3,5H2,1-2H3. The molecule has 0 spiro atoms. The maximum absolute atomic E-state index is 9.73. The van der Waals surface area contributed by atoms with Crippen LogP contribution in [0.1, 0.15) is 16.7 Å². The van der Waals surface area contributed by atoms with Gasteiger partial charge in [-0.05, 0) is 48.6 Å². The second-order valence-corrected chi connectivity index (χ2v) is 4.62. The Labute approximate surface area is 113 Å². The van der Waals surface area contributed by atoms with E-state index in [0.717, 1.165) is 29.7 Å². The maximum Gasteiger partial charge on any atom is 0.122 e. The summed E-state index contributed by atoms with van der Waals surface area (Å²) in [5.41, 5.74) is 3.15. The molecule has 0 saturated heterocycles. The van der Waals surface area contributed by atoms with E-state index < -0.39 is 0 Å². The Balaban J connectivity index is 2.08. The van der Waals surface area contributed by atoms with Gasteiger partial charge in [0.05, 0.1) is 7.11 Å². The Morgan fingerprint density at radius 1 is 1.00 bits per heavy atom. The number of phenols is 2. The fourth-order valence-electron chi connectivity index (χ4n) is 2.14. The summed E-state index contributed by atoms with van der Waals surface area (Å²) in [7, 11) is 1.66. The van der Waals surface area contributed by atoms with Crippen molar-refractivity contribution in [3.63, 3.8) is 0 Å². The first-order chi connectivity index (χ1) is 9.10. The van der Waals surface area contributed by atoms with Crippen LogP contribution in [-0.4, -0.2) is 17.3 Å². The van der Waals surface area contributed by atoms with Gasteiger partial charge in [-0.15, -0.1) is 0 Å². The molecular weight excluding hydrogens is 240 g/mol. The molecule has 0 heterocycles. The van der Waals surface area contributed by atoms with Crippen molar-refractivity contribution in [2.24, 2.45) is 0 Å². The lowest BCUT2D eigenvalue weighted by atomic mass is 10.0. The van der Waals surface area contributed by atoms with Crippen molar-refractivity contribution >= 4 is 0 Å². The summed E-state index contributed by atoms with van der Waals surface area (Å²) in [6.45, 7) is 2.01. The van der Waals surface area contributed by atoms with Gasteiger partial charge in [0.2, 0.25) is 0 Å². The zero-order valence-corrected chi connectivity index (χ0v) is 11.2. The van der Waals surface area contributed by atoms with Gasteiger partial charge in [0.25, 0.3) is 0 Å². The summed E-state index contributed by atoms with van der Waals surface area (Å²) < 4.78 is 5.23. The summed E-state index contributed by atoms with van der Waals surface area (Å²) in [6, 6.07) is 10.8. The van der Waals surface area contributed by atoms with Gasteiger partial charge in [-0.3, -0.25) is 0 Å². The van der Waals surface area contributed by atoms with Crippen LogP contribution in [0.2, 0.25) is 0 Å². The van der Waals surface area contributed by atoms with E-state index in [1.165, 1.54) is 11.6 Å². The van der Waals surface area contributed by atoms with Crippen molar-refractivity contribution in [1.29, 1.82) is 0 Å². The van der Waals surface area contributed by atoms with E-state index in [9.17, 15) is 10.2 Å². The molecule has 0 fully saturated rings. The predicted molar refractivity (Wildman–Crippen MR) is 74.9 cm³/mol. The van der Waals surface area contributed by atoms with Crippen LogP contribution in [0.15, 0.2) is 36.4 Å². The fourth-order valence-corrected chi connectivity index (χ4v) is 2.14. The first kappa shape index (κ1) is 13.3. The van der Waals surface area contributed by atoms with Crippen molar-refractivity contribution < 1.29 is 14.9 Å². The number of aromatic hydroxyl groups is 2. The van der Waals surface area contributed by atoms with E-state index in [1.807, 2.05) is 19.1 Å². The molecule has 19 heavy (non-hydrogen) atoms. The van der Waals surface area contributed by atoms with E-state index in [0.29, 0.717) is 0 Å². The van der Waals surface area contributed by atoms with Crippen LogP contribution in [0.25, 0.3) is 0 Å². The molecular formula is C16H18O3. The summed E-state index contributed by atoms with van der Waals surface area (Å²) >= 11 is 0. The van der Waals surface area contributed by atoms with Crippen LogP contribution in [-0.2, 0) is 12.8 Å². The molecule has 0 aliphatic rings. The first-order valence-electron chi connectivity index (χ1n) is 6.24. The van der Waals surface area contributed by atoms with Gasteiger partial charge in [0, 0.05) is 6.07 Å². The number of hydrogen-bond donors (Lipinski definition) is 2. The van der Waals surface area contributed by atoms with Crippen LogP contribution >= 0.6 is 0 Å². The molecule has 2 aromatic carbocycles. The molecule has 3 heteroatoms. The minimum atomic E-state index is 0.0848. The Morgan fingerprint density at radius 3 is 2.42 bits per heavy atom. The van der Waals surface area contributed by atoms with Crippen LogP contribution in [0.4, 0.5) is 0 Å². The molecule has 2 aromatic rings. The van der Waals surface area contributed by atoms with Gasteiger partial charge < -0.3 is 14.9 Å². The molecule has 0 saturated carbocycles. The monoisotopic (exact) mass is 258 g/mol. The van der Waals surface area contributed by atoms with Gasteiger partial charge in [0.1, 0.15) is 17.2 Å². The third kappa shape index (κ3) is 3.19. The molecule has 3 nitrogen and oxygen atoms in total. The third-order valence-electron chi connectivity index (χ3n) is 3.21. The Morgan fingerprint density at radius 2 is 1.79 bits per heavy atom. The average molecular weight is 258 g/mol. The lowest BCUT2D eigenvalue weighted by Gasteiger charge is -2.08. The minimum Gasteiger partial charge on any atom is -0.508 e. The predicted octanol–water partition coefficient (Wildman–Crippen LogP) is 3.20. The lowest BCUT2D eigenvalue weighted by Crippen LogP contribution is -1.94. The SMILES string of the molecule is COc1ccc(CCc2ccc(O)cc2O)cc1C. The van der Waals surface area contributed by atoms with Crippen LogP contribution in [0, 0.1) is 6.92 Å². The molecule has 0 aliphatic heterocycles. The van der Waals surface area contributed by atoms with E-state index >= 15 is 0 Å². The summed E-state index contributed by atoms with van der Waals surface area (Å²) in [5, 5.41) is 19.0. The van der Waals surface area contributed by atoms with Gasteiger partial charge >= 0.3 is 0 Å². The van der Waals surface area contributed by atoms with Crippen molar-refractivity contribution in [2.75, 3.05) is 7.11 Å². The van der Waals surface area contributed by atoms with E-state index in [2.05, 4.69) is 6.07 Å². The largest absolute Gasteiger partial charge is 0.508 e. The molecule has 0 amide bonds. The molecule has 0 radical (unpaired) electrons. The number of benzene rings is 2. The summed E-state index contributed by atoms with van der Waals surface area (Å²) in [4.78, 5) is 0. The first-order valence-corrected chi connectivity index (χ1v) is 6.24. The van der Waals surface area contributed by atoms with Crippen LogP contribution in [0.5, 0.6) is 17.2 Å². The smallest absolute Gasteiger partial charge is 0.122 e. The van der Waals surface area contributed by atoms with Crippen molar-refractivity contribution in [3.05, 3.63) is 53.1 Å². The molecule has 100 valence electrons. The highest BCUT2D eigenvalue weighted by molar-refractivity contribution is 5.40. The highest BCUT2D eigenvalue weighted by Crippen LogP contribution is 2.25. The second kappa shape index (κ2) is 5.65. The molecule has 0 bridgehead atoms. The quantitative estimate of drug-likeness (QED) is 0.885. The minimum absolute atomic E-state index is 0.0848. The normalized spacial score (nSPS) is 10.4. The van der Waals surface area contributed by atoms with Gasteiger partial charge in [0.15, 0.2) is 0 Å². The third-order valence-corrected chi connectivity index (χ3v) is 3.21. The summed E-state index contributed by atoms with van der Waals surface area (Å²) in [5.74, 6) is 1.11. The van der Waals surface area contributed by atoms with Gasteiger partial charge in [-0.25, -0.2) is 0 Å². The summed E-state index contributed by atoms with van der Waals surface area (Å²) in [6.07, 6.45) is 1.57. The van der Waals surface area contributed by atoms with Crippen LogP contribution in [0.3, 0.4) is 0 Å². The van der Waals surface area contributed by atoms with Crippen molar-refractivity contribution in [2.45, 2.75) is 19.8 Å². The van der Waals surface area contributed by atoms with E-state index in [4.69, 9.17) is 4.74 Å². The van der Waals surface area contributed by atoms with Gasteiger partial charge in [-0.1, -0.05) is 18.2 Å². The number of aryl methyl sites for hydroxylation is 3. The lowest BCUT2D eigenvalue weighted by molar-refractivity contribution is 0.411. The second-order valence-electron chi connectivity index (χ2n) is 4.62. The number of hydrogen-bond acceptors (Lipinski definition) is 3. The van der Waals surface area contributed by atoms with Crippen molar-refractivity contribution in [1.82, 2.24) is 0 Å². The van der Waals surface area contributed by atoms with E-state index in [-0.39, 0.29) is 11.5 Å². The Bertz CT molecular complexity index is 576. The highest BCUT2D eigenvalue weighted by atomic mass is 16.5. The van der Waals surface area contributed by atoms with Gasteiger partial charge in [-0.2, -0.15) is 0 Å². The maximum atomic E-state index is 9.73. The van der Waals surface area contributed by atoms with Crippen LogP contribution < -0.4 is 4.74 Å².